The highest BCUT2D eigenvalue weighted by Crippen LogP contribution is 2.27. The quantitative estimate of drug-likeness (QED) is 0.921. The Morgan fingerprint density at radius 1 is 1.20 bits per heavy atom. The van der Waals surface area contributed by atoms with E-state index >= 15 is 0 Å². The lowest BCUT2D eigenvalue weighted by Crippen LogP contribution is -2.53. The topological polar surface area (TPSA) is 49.4 Å². The Bertz CT molecular complexity index is 544. The molecule has 0 aliphatic carbocycles. The first-order valence-corrected chi connectivity index (χ1v) is 9.01. The second-order valence-corrected chi connectivity index (χ2v) is 7.82. The molecule has 1 N–H and O–H groups in total. The number of sulfonamides is 1. The average molecular weight is 294 g/mol. The van der Waals surface area contributed by atoms with Crippen LogP contribution in [-0.4, -0.2) is 38.4 Å². The molecule has 2 aliphatic rings. The van der Waals surface area contributed by atoms with E-state index < -0.39 is 10.0 Å². The van der Waals surface area contributed by atoms with Crippen molar-refractivity contribution in [2.45, 2.75) is 31.1 Å². The van der Waals surface area contributed by atoms with Gasteiger partial charge in [0.15, 0.2) is 0 Å². The molecule has 3 rings (SSSR count). The summed E-state index contributed by atoms with van der Waals surface area (Å²) in [7, 11) is -3.18. The number of benzene rings is 1. The average Bonchev–Trinajstić information content (AvgIpc) is 2.47. The van der Waals surface area contributed by atoms with Crippen molar-refractivity contribution in [2.75, 3.05) is 19.6 Å². The van der Waals surface area contributed by atoms with Gasteiger partial charge in [-0.15, -0.1) is 0 Å². The Kier molecular flexibility index (Phi) is 4.10. The van der Waals surface area contributed by atoms with Crippen LogP contribution >= 0.6 is 0 Å². The van der Waals surface area contributed by atoms with Gasteiger partial charge in [0.25, 0.3) is 0 Å². The predicted molar refractivity (Wildman–Crippen MR) is 79.8 cm³/mol. The maximum atomic E-state index is 12.5. The summed E-state index contributed by atoms with van der Waals surface area (Å²) in [4.78, 5) is 0. The van der Waals surface area contributed by atoms with Crippen molar-refractivity contribution in [3.05, 3.63) is 35.9 Å². The van der Waals surface area contributed by atoms with Gasteiger partial charge in [-0.05, 0) is 37.3 Å². The number of hydrogen-bond donors (Lipinski definition) is 1. The molecule has 1 aromatic rings. The first kappa shape index (κ1) is 14.0. The summed E-state index contributed by atoms with van der Waals surface area (Å²) < 4.78 is 26.8. The Morgan fingerprint density at radius 2 is 2.00 bits per heavy atom. The summed E-state index contributed by atoms with van der Waals surface area (Å²) >= 11 is 0. The molecule has 0 amide bonds. The molecule has 4 nitrogen and oxygen atoms in total. The second-order valence-electron chi connectivity index (χ2n) is 5.85. The number of fused-ring (bicyclic) bond motifs is 1. The van der Waals surface area contributed by atoms with Crippen LogP contribution in [0.2, 0.25) is 0 Å². The molecule has 110 valence electrons. The van der Waals surface area contributed by atoms with Crippen molar-refractivity contribution in [3.8, 4) is 0 Å². The van der Waals surface area contributed by atoms with Crippen LogP contribution in [0.25, 0.3) is 0 Å². The monoisotopic (exact) mass is 294 g/mol. The van der Waals surface area contributed by atoms with Crippen molar-refractivity contribution in [1.29, 1.82) is 0 Å². The van der Waals surface area contributed by atoms with Gasteiger partial charge in [0.1, 0.15) is 0 Å². The Labute approximate surface area is 121 Å². The molecule has 0 spiro atoms. The van der Waals surface area contributed by atoms with Crippen LogP contribution in [-0.2, 0) is 15.8 Å². The lowest BCUT2D eigenvalue weighted by atomic mass is 9.86. The number of hydrogen-bond acceptors (Lipinski definition) is 3. The van der Waals surface area contributed by atoms with E-state index in [2.05, 4.69) is 5.32 Å². The molecule has 20 heavy (non-hydrogen) atoms. The molecule has 2 saturated heterocycles. The van der Waals surface area contributed by atoms with Gasteiger partial charge in [-0.2, -0.15) is 0 Å². The van der Waals surface area contributed by atoms with E-state index in [-0.39, 0.29) is 5.75 Å². The largest absolute Gasteiger partial charge is 0.314 e. The van der Waals surface area contributed by atoms with Gasteiger partial charge in [0.2, 0.25) is 10.0 Å². The van der Waals surface area contributed by atoms with Crippen LogP contribution in [0.4, 0.5) is 0 Å². The smallest absolute Gasteiger partial charge is 0.218 e. The zero-order valence-electron chi connectivity index (χ0n) is 11.7. The molecule has 0 radical (unpaired) electrons. The normalized spacial score (nSPS) is 28.0. The molecule has 2 fully saturated rings. The lowest BCUT2D eigenvalue weighted by Gasteiger charge is -2.41. The minimum atomic E-state index is -3.18. The van der Waals surface area contributed by atoms with Gasteiger partial charge in [0, 0.05) is 19.1 Å². The second kappa shape index (κ2) is 5.84. The van der Waals surface area contributed by atoms with Crippen LogP contribution in [0, 0.1) is 5.92 Å². The summed E-state index contributed by atoms with van der Waals surface area (Å²) in [6, 6.07) is 9.98. The Balaban J connectivity index is 1.69. The minimum absolute atomic E-state index is 0.124. The van der Waals surface area contributed by atoms with Crippen LogP contribution < -0.4 is 5.32 Å². The van der Waals surface area contributed by atoms with Crippen molar-refractivity contribution >= 4 is 10.0 Å². The summed E-state index contributed by atoms with van der Waals surface area (Å²) in [6.07, 6.45) is 3.25. The molecule has 5 heteroatoms. The highest BCUT2D eigenvalue weighted by atomic mass is 32.2. The summed E-state index contributed by atoms with van der Waals surface area (Å²) in [5, 5.41) is 3.52. The Hall–Kier alpha value is -0.910. The van der Waals surface area contributed by atoms with Gasteiger partial charge in [0.05, 0.1) is 5.75 Å². The fourth-order valence-corrected chi connectivity index (χ4v) is 4.94. The fraction of sp³-hybridized carbons (Fsp3) is 0.600. The molecule has 2 atom stereocenters. The number of nitrogens with one attached hydrogen (secondary N) is 1. The third-order valence-corrected chi connectivity index (χ3v) is 6.26. The van der Waals surface area contributed by atoms with Gasteiger partial charge in [-0.25, -0.2) is 12.7 Å². The first-order chi connectivity index (χ1) is 9.65. The SMILES string of the molecule is O=S(=O)(Cc1ccccc1)N1CC[C@@H]2NCCC[C@@H]2C1. The molecule has 0 unspecified atom stereocenters. The summed E-state index contributed by atoms with van der Waals surface area (Å²) in [5.41, 5.74) is 0.872. The third kappa shape index (κ3) is 3.05. The van der Waals surface area contributed by atoms with E-state index in [1.54, 1.807) is 4.31 Å². The maximum Gasteiger partial charge on any atom is 0.218 e. The number of rotatable bonds is 3. The zero-order valence-corrected chi connectivity index (χ0v) is 12.5. The zero-order chi connectivity index (χ0) is 14.0. The highest BCUT2D eigenvalue weighted by molar-refractivity contribution is 7.88. The van der Waals surface area contributed by atoms with Crippen LogP contribution in [0.1, 0.15) is 24.8 Å². The first-order valence-electron chi connectivity index (χ1n) is 7.40. The molecule has 1 aromatic carbocycles. The van der Waals surface area contributed by atoms with E-state index in [0.717, 1.165) is 31.4 Å². The maximum absolute atomic E-state index is 12.5. The lowest BCUT2D eigenvalue weighted by molar-refractivity contribution is 0.170. The molecular weight excluding hydrogens is 272 g/mol. The molecule has 0 saturated carbocycles. The molecule has 0 aromatic heterocycles. The predicted octanol–water partition coefficient (Wildman–Crippen LogP) is 1.59. The van der Waals surface area contributed by atoms with Gasteiger partial charge in [-0.1, -0.05) is 30.3 Å². The highest BCUT2D eigenvalue weighted by Gasteiger charge is 2.35. The van der Waals surface area contributed by atoms with E-state index in [0.29, 0.717) is 25.0 Å². The molecule has 0 bridgehead atoms. The number of nitrogens with zero attached hydrogens (tertiary/aromatic N) is 1. The fourth-order valence-electron chi connectivity index (χ4n) is 3.34. The van der Waals surface area contributed by atoms with E-state index in [1.165, 1.54) is 0 Å². The molecular formula is C15H22N2O2S. The summed E-state index contributed by atoms with van der Waals surface area (Å²) in [6.45, 7) is 2.42. The van der Waals surface area contributed by atoms with Crippen molar-refractivity contribution in [3.63, 3.8) is 0 Å². The van der Waals surface area contributed by atoms with Crippen molar-refractivity contribution < 1.29 is 8.42 Å². The summed E-state index contributed by atoms with van der Waals surface area (Å²) in [5.74, 6) is 0.613. The van der Waals surface area contributed by atoms with Crippen molar-refractivity contribution in [1.82, 2.24) is 9.62 Å². The van der Waals surface area contributed by atoms with E-state index in [1.807, 2.05) is 30.3 Å². The van der Waals surface area contributed by atoms with Gasteiger partial charge >= 0.3 is 0 Å². The van der Waals surface area contributed by atoms with Crippen LogP contribution in [0.5, 0.6) is 0 Å². The third-order valence-electron chi connectivity index (χ3n) is 4.44. The molecule has 2 aliphatic heterocycles. The standard InChI is InChI=1S/C15H22N2O2S/c18-20(19,12-13-5-2-1-3-6-13)17-10-8-15-14(11-17)7-4-9-16-15/h1-3,5-6,14-16H,4,7-12H2/t14-,15+/m1/s1. The van der Waals surface area contributed by atoms with E-state index in [4.69, 9.17) is 0 Å². The number of piperidine rings is 2. The minimum Gasteiger partial charge on any atom is -0.314 e. The van der Waals surface area contributed by atoms with E-state index in [9.17, 15) is 8.42 Å². The molecule has 2 heterocycles. The Morgan fingerprint density at radius 3 is 2.80 bits per heavy atom. The van der Waals surface area contributed by atoms with Crippen LogP contribution in [0.15, 0.2) is 30.3 Å². The van der Waals surface area contributed by atoms with Crippen molar-refractivity contribution in [2.24, 2.45) is 5.92 Å². The van der Waals surface area contributed by atoms with Gasteiger partial charge < -0.3 is 5.32 Å². The van der Waals surface area contributed by atoms with Crippen LogP contribution in [0.3, 0.4) is 0 Å². The van der Waals surface area contributed by atoms with Gasteiger partial charge in [-0.3, -0.25) is 0 Å².